The Kier molecular flexibility index (Phi) is 7.90. The molecule has 2 aromatic rings. The van der Waals surface area contributed by atoms with E-state index in [0.29, 0.717) is 22.6 Å². The fourth-order valence-corrected chi connectivity index (χ4v) is 5.53. The summed E-state index contributed by atoms with van der Waals surface area (Å²) in [4.78, 5) is 25.9. The summed E-state index contributed by atoms with van der Waals surface area (Å²) in [5.41, 5.74) is 1.65. The van der Waals surface area contributed by atoms with Gasteiger partial charge in [0.25, 0.3) is 0 Å². The fraction of sp³-hybridized carbons (Fsp3) is 0.478. The van der Waals surface area contributed by atoms with Crippen LogP contribution in [-0.4, -0.2) is 55.8 Å². The first-order valence-corrected chi connectivity index (χ1v) is 11.8. The van der Waals surface area contributed by atoms with Gasteiger partial charge in [0.1, 0.15) is 11.4 Å². The predicted molar refractivity (Wildman–Crippen MR) is 122 cm³/mol. The number of hydrogen-bond acceptors (Lipinski definition) is 6. The number of carbonyl (C=O) groups excluding carboxylic acids is 2. The monoisotopic (exact) mass is 464 g/mol. The van der Waals surface area contributed by atoms with E-state index in [1.807, 2.05) is 13.8 Å². The van der Waals surface area contributed by atoms with Gasteiger partial charge in [0.2, 0.25) is 10.0 Å². The number of ketones is 1. The molecule has 8 nitrogen and oxygen atoms in total. The number of sulfonamides is 1. The highest BCUT2D eigenvalue weighted by Gasteiger charge is 2.36. The normalized spacial score (nSPS) is 12.8. The third-order valence-corrected chi connectivity index (χ3v) is 7.53. The predicted octanol–water partition coefficient (Wildman–Crippen LogP) is 3.36. The van der Waals surface area contributed by atoms with Gasteiger partial charge in [0, 0.05) is 24.8 Å². The molecule has 0 saturated carbocycles. The van der Waals surface area contributed by atoms with Gasteiger partial charge in [0.15, 0.2) is 5.78 Å². The topological polar surface area (TPSA) is 94.9 Å². The molecule has 1 heterocycles. The minimum absolute atomic E-state index is 0.0122. The summed E-state index contributed by atoms with van der Waals surface area (Å²) >= 11 is 0. The van der Waals surface area contributed by atoms with Gasteiger partial charge in [-0.05, 0) is 56.5 Å². The second kappa shape index (κ2) is 9.87. The molecular formula is C23H32N2O6S. The van der Waals surface area contributed by atoms with Crippen molar-refractivity contribution in [1.82, 2.24) is 8.87 Å². The number of ether oxygens (including phenoxy) is 2. The maximum Gasteiger partial charge on any atom is 0.354 e. The Morgan fingerprint density at radius 3 is 2.09 bits per heavy atom. The van der Waals surface area contributed by atoms with Crippen LogP contribution in [0.3, 0.4) is 0 Å². The molecule has 9 heteroatoms. The SMILES string of the molecule is COC(=O)c1c(C)c(C(=O)[C@H](C)N(CC(C)C)S(=O)(=O)c2ccc(OC)cc2)c(C)n1C. The molecule has 1 atom stereocenters. The summed E-state index contributed by atoms with van der Waals surface area (Å²) in [5, 5.41) is 0. The Bertz CT molecular complexity index is 1100. The number of nitrogens with zero attached hydrogens (tertiary/aromatic N) is 2. The number of aromatic nitrogens is 1. The van der Waals surface area contributed by atoms with Crippen molar-refractivity contribution in [3.8, 4) is 5.75 Å². The summed E-state index contributed by atoms with van der Waals surface area (Å²) in [6, 6.07) is 5.09. The summed E-state index contributed by atoms with van der Waals surface area (Å²) < 4.78 is 39.8. The highest BCUT2D eigenvalue weighted by molar-refractivity contribution is 7.89. The Hall–Kier alpha value is -2.65. The Labute approximate surface area is 190 Å². The van der Waals surface area contributed by atoms with E-state index in [1.54, 1.807) is 44.5 Å². The molecule has 0 fully saturated rings. The van der Waals surface area contributed by atoms with E-state index in [2.05, 4.69) is 0 Å². The number of esters is 1. The van der Waals surface area contributed by atoms with Gasteiger partial charge < -0.3 is 14.0 Å². The lowest BCUT2D eigenvalue weighted by molar-refractivity contribution is 0.0588. The largest absolute Gasteiger partial charge is 0.497 e. The highest BCUT2D eigenvalue weighted by atomic mass is 32.2. The summed E-state index contributed by atoms with van der Waals surface area (Å²) in [6.07, 6.45) is 0. The Morgan fingerprint density at radius 2 is 1.62 bits per heavy atom. The molecule has 0 aliphatic carbocycles. The molecule has 0 aliphatic heterocycles. The standard InChI is InChI=1S/C23H32N2O6S/c1-14(2)13-25(32(28,29)19-11-9-18(30-7)10-12-19)17(5)22(26)20-15(3)21(23(27)31-8)24(6)16(20)4/h9-12,14,17H,13H2,1-8H3/t17-/m0/s1. The molecule has 2 rings (SSSR count). The molecule has 32 heavy (non-hydrogen) atoms. The van der Waals surface area contributed by atoms with E-state index in [9.17, 15) is 18.0 Å². The number of benzene rings is 1. The van der Waals surface area contributed by atoms with Crippen molar-refractivity contribution in [2.24, 2.45) is 13.0 Å². The van der Waals surface area contributed by atoms with E-state index in [-0.39, 0.29) is 28.8 Å². The van der Waals surface area contributed by atoms with Gasteiger partial charge in [-0.15, -0.1) is 0 Å². The molecule has 0 aliphatic rings. The quantitative estimate of drug-likeness (QED) is 0.417. The van der Waals surface area contributed by atoms with Gasteiger partial charge in [-0.25, -0.2) is 13.2 Å². The fourth-order valence-electron chi connectivity index (χ4n) is 3.77. The first-order chi connectivity index (χ1) is 14.9. The minimum atomic E-state index is -3.96. The van der Waals surface area contributed by atoms with Crippen molar-refractivity contribution in [1.29, 1.82) is 0 Å². The van der Waals surface area contributed by atoms with E-state index < -0.39 is 22.0 Å². The molecule has 0 spiro atoms. The smallest absolute Gasteiger partial charge is 0.354 e. The van der Waals surface area contributed by atoms with Gasteiger partial charge in [-0.2, -0.15) is 4.31 Å². The van der Waals surface area contributed by atoms with Crippen molar-refractivity contribution in [3.63, 3.8) is 0 Å². The molecule has 0 amide bonds. The number of rotatable bonds is 9. The first kappa shape index (κ1) is 25.6. The molecule has 0 saturated heterocycles. The van der Waals surface area contributed by atoms with Crippen molar-refractivity contribution < 1.29 is 27.5 Å². The Morgan fingerprint density at radius 1 is 1.06 bits per heavy atom. The lowest BCUT2D eigenvalue weighted by Gasteiger charge is -2.29. The van der Waals surface area contributed by atoms with Crippen LogP contribution < -0.4 is 4.74 Å². The molecule has 0 radical (unpaired) electrons. The van der Waals surface area contributed by atoms with Crippen LogP contribution in [0.5, 0.6) is 5.75 Å². The lowest BCUT2D eigenvalue weighted by atomic mass is 10.0. The molecule has 1 aromatic carbocycles. The van der Waals surface area contributed by atoms with Crippen LogP contribution >= 0.6 is 0 Å². The van der Waals surface area contributed by atoms with Crippen molar-refractivity contribution >= 4 is 21.8 Å². The van der Waals surface area contributed by atoms with Crippen molar-refractivity contribution in [2.45, 2.75) is 45.6 Å². The van der Waals surface area contributed by atoms with Gasteiger partial charge >= 0.3 is 5.97 Å². The van der Waals surface area contributed by atoms with E-state index in [0.717, 1.165) is 0 Å². The zero-order valence-corrected chi connectivity index (χ0v) is 20.7. The van der Waals surface area contributed by atoms with Crippen LogP contribution in [0.2, 0.25) is 0 Å². The highest BCUT2D eigenvalue weighted by Crippen LogP contribution is 2.28. The number of carbonyl (C=O) groups is 2. The average Bonchev–Trinajstić information content (AvgIpc) is 2.98. The third-order valence-electron chi connectivity index (χ3n) is 5.58. The van der Waals surface area contributed by atoms with Crippen molar-refractivity contribution in [3.05, 3.63) is 46.8 Å². The summed E-state index contributed by atoms with van der Waals surface area (Å²) in [6.45, 7) is 8.92. The number of methoxy groups -OCH3 is 2. The maximum absolute atomic E-state index is 13.6. The third kappa shape index (κ3) is 4.73. The Balaban J connectivity index is 2.55. The molecule has 0 bridgehead atoms. The second-order valence-electron chi connectivity index (χ2n) is 8.17. The molecule has 0 unspecified atom stereocenters. The molecule has 0 N–H and O–H groups in total. The minimum Gasteiger partial charge on any atom is -0.497 e. The summed E-state index contributed by atoms with van der Waals surface area (Å²) in [7, 11) is 0.492. The van der Waals surface area contributed by atoms with Crippen molar-refractivity contribution in [2.75, 3.05) is 20.8 Å². The lowest BCUT2D eigenvalue weighted by Crippen LogP contribution is -2.45. The molecule has 176 valence electrons. The zero-order valence-electron chi connectivity index (χ0n) is 19.9. The van der Waals surface area contributed by atoms with E-state index >= 15 is 0 Å². The number of Topliss-reactive ketones (excluding diaryl/α,β-unsaturated/α-hetero) is 1. The number of hydrogen-bond donors (Lipinski definition) is 0. The van der Waals surface area contributed by atoms with Crippen LogP contribution in [0.4, 0.5) is 0 Å². The van der Waals surface area contributed by atoms with Gasteiger partial charge in [0.05, 0.1) is 25.2 Å². The van der Waals surface area contributed by atoms with Crippen LogP contribution in [0.15, 0.2) is 29.2 Å². The van der Waals surface area contributed by atoms with Crippen LogP contribution in [0.25, 0.3) is 0 Å². The zero-order chi connectivity index (χ0) is 24.4. The maximum atomic E-state index is 13.6. The second-order valence-corrected chi connectivity index (χ2v) is 10.1. The van der Waals surface area contributed by atoms with E-state index in [4.69, 9.17) is 9.47 Å². The van der Waals surface area contributed by atoms with Crippen LogP contribution in [-0.2, 0) is 21.8 Å². The van der Waals surface area contributed by atoms with Gasteiger partial charge in [-0.1, -0.05) is 13.8 Å². The molecular weight excluding hydrogens is 432 g/mol. The van der Waals surface area contributed by atoms with Crippen LogP contribution in [0, 0.1) is 19.8 Å². The van der Waals surface area contributed by atoms with Crippen LogP contribution in [0.1, 0.15) is 52.9 Å². The first-order valence-electron chi connectivity index (χ1n) is 10.3. The summed E-state index contributed by atoms with van der Waals surface area (Å²) in [5.74, 6) is -0.399. The average molecular weight is 465 g/mol. The van der Waals surface area contributed by atoms with E-state index in [1.165, 1.54) is 30.7 Å². The molecule has 1 aromatic heterocycles. The van der Waals surface area contributed by atoms with Gasteiger partial charge in [-0.3, -0.25) is 4.79 Å².